The van der Waals surface area contributed by atoms with Crippen LogP contribution in [0.2, 0.25) is 0 Å². The number of nitrogens with one attached hydrogen (secondary N) is 1. The van der Waals surface area contributed by atoms with Gasteiger partial charge in [-0.2, -0.15) is 0 Å². The fraction of sp³-hybridized carbons (Fsp3) is 0.611. The Morgan fingerprint density at radius 3 is 2.57 bits per heavy atom. The zero-order valence-corrected chi connectivity index (χ0v) is 13.8. The van der Waals surface area contributed by atoms with Gasteiger partial charge in [0.05, 0.1) is 11.5 Å². The Labute approximate surface area is 128 Å². The van der Waals surface area contributed by atoms with Gasteiger partial charge in [0.2, 0.25) is 5.91 Å². The molecule has 2 rings (SSSR count). The normalized spacial score (nSPS) is 23.0. The molecule has 21 heavy (non-hydrogen) atoms. The van der Waals surface area contributed by atoms with E-state index in [9.17, 15) is 4.79 Å². The van der Waals surface area contributed by atoms with Crippen molar-refractivity contribution in [1.29, 1.82) is 0 Å². The monoisotopic (exact) mass is 288 g/mol. The van der Waals surface area contributed by atoms with Crippen LogP contribution in [0.3, 0.4) is 0 Å². The summed E-state index contributed by atoms with van der Waals surface area (Å²) in [5.74, 6) is 0.294. The molecule has 1 heterocycles. The topological polar surface area (TPSA) is 32.3 Å². The van der Waals surface area contributed by atoms with Crippen LogP contribution in [-0.4, -0.2) is 30.9 Å². The molecule has 1 N–H and O–H groups in total. The van der Waals surface area contributed by atoms with Gasteiger partial charge in [0.1, 0.15) is 0 Å². The first-order valence-electron chi connectivity index (χ1n) is 8.05. The van der Waals surface area contributed by atoms with Crippen LogP contribution in [0.25, 0.3) is 0 Å². The van der Waals surface area contributed by atoms with Gasteiger partial charge >= 0.3 is 0 Å². The van der Waals surface area contributed by atoms with E-state index in [1.807, 2.05) is 11.9 Å². The van der Waals surface area contributed by atoms with E-state index in [2.05, 4.69) is 50.4 Å². The Balaban J connectivity index is 2.15. The first-order valence-corrected chi connectivity index (χ1v) is 8.05. The minimum absolute atomic E-state index is 0.118. The molecular weight excluding hydrogens is 260 g/mol. The number of aryl methyl sites for hydroxylation is 1. The predicted octanol–water partition coefficient (Wildman–Crippen LogP) is 3.29. The molecule has 0 bridgehead atoms. The summed E-state index contributed by atoms with van der Waals surface area (Å²) >= 11 is 0. The van der Waals surface area contributed by atoms with Gasteiger partial charge in [-0.1, -0.05) is 43.2 Å². The predicted molar refractivity (Wildman–Crippen MR) is 87.2 cm³/mol. The number of nitrogens with zero attached hydrogens (tertiary/aromatic N) is 1. The van der Waals surface area contributed by atoms with Gasteiger partial charge in [-0.15, -0.1) is 0 Å². The molecule has 0 aliphatic carbocycles. The zero-order chi connectivity index (χ0) is 15.5. The van der Waals surface area contributed by atoms with E-state index in [4.69, 9.17) is 0 Å². The molecule has 1 aromatic carbocycles. The molecule has 0 saturated carbocycles. The van der Waals surface area contributed by atoms with E-state index in [0.717, 1.165) is 32.4 Å². The summed E-state index contributed by atoms with van der Waals surface area (Å²) in [4.78, 5) is 15.0. The highest BCUT2D eigenvalue weighted by Crippen LogP contribution is 2.35. The smallest absolute Gasteiger partial charge is 0.230 e. The van der Waals surface area contributed by atoms with Gasteiger partial charge in [-0.25, -0.2) is 0 Å². The van der Waals surface area contributed by atoms with Gasteiger partial charge in [0, 0.05) is 13.6 Å². The Morgan fingerprint density at radius 2 is 2.05 bits per heavy atom. The van der Waals surface area contributed by atoms with E-state index < -0.39 is 0 Å². The van der Waals surface area contributed by atoms with Gasteiger partial charge in [0.15, 0.2) is 0 Å². The van der Waals surface area contributed by atoms with Crippen LogP contribution in [0.1, 0.15) is 50.3 Å². The molecule has 0 radical (unpaired) electrons. The number of rotatable bonds is 5. The molecular formula is C18H28N2O. The molecule has 1 aromatic rings. The molecule has 116 valence electrons. The zero-order valence-electron chi connectivity index (χ0n) is 13.8. The molecule has 1 saturated heterocycles. The second-order valence-corrected chi connectivity index (χ2v) is 6.46. The fourth-order valence-corrected chi connectivity index (χ4v) is 3.34. The van der Waals surface area contributed by atoms with Gasteiger partial charge in [-0.3, -0.25) is 4.79 Å². The fourth-order valence-electron chi connectivity index (χ4n) is 3.34. The van der Waals surface area contributed by atoms with Crippen molar-refractivity contribution in [2.24, 2.45) is 5.41 Å². The lowest BCUT2D eigenvalue weighted by atomic mass is 9.80. The number of benzene rings is 1. The molecule has 0 spiro atoms. The van der Waals surface area contributed by atoms with Crippen LogP contribution in [0.5, 0.6) is 0 Å². The van der Waals surface area contributed by atoms with Crippen LogP contribution in [-0.2, 0) is 4.79 Å². The van der Waals surface area contributed by atoms with E-state index >= 15 is 0 Å². The van der Waals surface area contributed by atoms with Crippen molar-refractivity contribution in [3.05, 3.63) is 35.4 Å². The second-order valence-electron chi connectivity index (χ2n) is 6.46. The largest absolute Gasteiger partial charge is 0.338 e. The summed E-state index contributed by atoms with van der Waals surface area (Å²) in [7, 11) is 1.95. The van der Waals surface area contributed by atoms with Crippen molar-refractivity contribution >= 4 is 5.91 Å². The summed E-state index contributed by atoms with van der Waals surface area (Å²) < 4.78 is 0. The van der Waals surface area contributed by atoms with Gasteiger partial charge < -0.3 is 10.2 Å². The Kier molecular flexibility index (Phi) is 5.04. The SMILES string of the molecule is CCCC1(C(=O)N(C)C(C)c2ccc(C)cc2)CCNC1. The number of hydrogen-bond donors (Lipinski definition) is 1. The number of carbonyl (C=O) groups is 1. The standard InChI is InChI=1S/C18H28N2O/c1-5-10-18(11-12-19-13-18)17(21)20(4)15(3)16-8-6-14(2)7-9-16/h6-9,15,19H,5,10-13H2,1-4H3. The van der Waals surface area contributed by atoms with Crippen LogP contribution >= 0.6 is 0 Å². The van der Waals surface area contributed by atoms with Crippen LogP contribution in [0.15, 0.2) is 24.3 Å². The van der Waals surface area contributed by atoms with Crippen molar-refractivity contribution in [2.45, 2.75) is 46.1 Å². The molecule has 2 atom stereocenters. The first kappa shape index (κ1) is 16.0. The average Bonchev–Trinajstić information content (AvgIpc) is 2.96. The number of carbonyl (C=O) groups excluding carboxylic acids is 1. The molecule has 3 nitrogen and oxygen atoms in total. The van der Waals surface area contributed by atoms with Gasteiger partial charge in [-0.05, 0) is 38.8 Å². The summed E-state index contributed by atoms with van der Waals surface area (Å²) in [5, 5.41) is 3.37. The summed E-state index contributed by atoms with van der Waals surface area (Å²) in [6.07, 6.45) is 2.99. The molecule has 0 aromatic heterocycles. The second kappa shape index (κ2) is 6.61. The summed E-state index contributed by atoms with van der Waals surface area (Å²) in [6.45, 7) is 8.15. The Morgan fingerprint density at radius 1 is 1.38 bits per heavy atom. The lowest BCUT2D eigenvalue weighted by Gasteiger charge is -2.35. The van der Waals surface area contributed by atoms with Crippen molar-refractivity contribution < 1.29 is 4.79 Å². The van der Waals surface area contributed by atoms with Crippen molar-refractivity contribution in [2.75, 3.05) is 20.1 Å². The van der Waals surface area contributed by atoms with Crippen LogP contribution in [0.4, 0.5) is 0 Å². The Hall–Kier alpha value is -1.35. The average molecular weight is 288 g/mol. The minimum atomic E-state index is -0.192. The van der Waals surface area contributed by atoms with Crippen molar-refractivity contribution in [3.8, 4) is 0 Å². The van der Waals surface area contributed by atoms with Crippen molar-refractivity contribution in [3.63, 3.8) is 0 Å². The number of amides is 1. The van der Waals surface area contributed by atoms with E-state index in [-0.39, 0.29) is 11.5 Å². The number of hydrogen-bond acceptors (Lipinski definition) is 2. The molecule has 1 fully saturated rings. The van der Waals surface area contributed by atoms with E-state index in [1.54, 1.807) is 0 Å². The minimum Gasteiger partial charge on any atom is -0.338 e. The lowest BCUT2D eigenvalue weighted by molar-refractivity contribution is -0.142. The van der Waals surface area contributed by atoms with E-state index in [0.29, 0.717) is 5.91 Å². The lowest BCUT2D eigenvalue weighted by Crippen LogP contribution is -2.44. The summed E-state index contributed by atoms with van der Waals surface area (Å²) in [6, 6.07) is 8.60. The van der Waals surface area contributed by atoms with Gasteiger partial charge in [0.25, 0.3) is 0 Å². The third-order valence-corrected chi connectivity index (χ3v) is 4.89. The van der Waals surface area contributed by atoms with Crippen molar-refractivity contribution in [1.82, 2.24) is 10.2 Å². The molecule has 2 unspecified atom stereocenters. The maximum Gasteiger partial charge on any atom is 0.230 e. The highest BCUT2D eigenvalue weighted by molar-refractivity contribution is 5.83. The molecule has 3 heteroatoms. The summed E-state index contributed by atoms with van der Waals surface area (Å²) in [5.41, 5.74) is 2.26. The van der Waals surface area contributed by atoms with E-state index in [1.165, 1.54) is 11.1 Å². The first-order chi connectivity index (χ1) is 10.00. The third-order valence-electron chi connectivity index (χ3n) is 4.89. The van der Waals surface area contributed by atoms with Crippen LogP contribution < -0.4 is 5.32 Å². The molecule has 1 amide bonds. The Bertz CT molecular complexity index is 474. The highest BCUT2D eigenvalue weighted by Gasteiger charge is 2.42. The maximum absolute atomic E-state index is 13.0. The third kappa shape index (κ3) is 3.29. The molecule has 1 aliphatic rings. The quantitative estimate of drug-likeness (QED) is 0.901. The van der Waals surface area contributed by atoms with Crippen LogP contribution in [0, 0.1) is 12.3 Å². The maximum atomic E-state index is 13.0. The molecule has 1 aliphatic heterocycles. The highest BCUT2D eigenvalue weighted by atomic mass is 16.2.